The van der Waals surface area contributed by atoms with Gasteiger partial charge in [-0.25, -0.2) is 0 Å². The maximum absolute atomic E-state index is 8.89. The van der Waals surface area contributed by atoms with Gasteiger partial charge in [-0.15, -0.1) is 0 Å². The van der Waals surface area contributed by atoms with Crippen LogP contribution >= 0.6 is 12.2 Å². The van der Waals surface area contributed by atoms with Crippen LogP contribution in [0.5, 0.6) is 0 Å². The fraction of sp³-hybridized carbons (Fsp3) is 0.316. The zero-order valence-electron chi connectivity index (χ0n) is 14.1. The Morgan fingerprint density at radius 3 is 2.71 bits per heavy atom. The number of pyridine rings is 1. The molecule has 24 heavy (non-hydrogen) atoms. The Kier molecular flexibility index (Phi) is 6.71. The Bertz CT molecular complexity index is 722. The minimum Gasteiger partial charge on any atom is -0.348 e. The van der Waals surface area contributed by atoms with Gasteiger partial charge in [0, 0.05) is 37.1 Å². The lowest BCUT2D eigenvalue weighted by Crippen LogP contribution is -2.37. The second kappa shape index (κ2) is 8.99. The van der Waals surface area contributed by atoms with Crippen LogP contribution in [0, 0.1) is 25.2 Å². The monoisotopic (exact) mass is 338 g/mol. The van der Waals surface area contributed by atoms with Gasteiger partial charge in [0.05, 0.1) is 12.5 Å². The van der Waals surface area contributed by atoms with Gasteiger partial charge in [0.15, 0.2) is 5.11 Å². The van der Waals surface area contributed by atoms with Crippen molar-refractivity contribution in [2.45, 2.75) is 26.7 Å². The number of aryl methyl sites for hydroxylation is 2. The number of aromatic nitrogens is 1. The first-order chi connectivity index (χ1) is 11.6. The van der Waals surface area contributed by atoms with Gasteiger partial charge in [0.1, 0.15) is 0 Å². The highest BCUT2D eigenvalue weighted by Gasteiger charge is 2.10. The lowest BCUT2D eigenvalue weighted by Gasteiger charge is -2.25. The summed E-state index contributed by atoms with van der Waals surface area (Å²) in [6.45, 7) is 5.51. The molecule has 0 unspecified atom stereocenters. The summed E-state index contributed by atoms with van der Waals surface area (Å²) in [5.41, 5.74) is 4.47. The third-order valence-electron chi connectivity index (χ3n) is 3.90. The normalized spacial score (nSPS) is 10.0. The first-order valence-corrected chi connectivity index (χ1v) is 8.41. The molecule has 2 rings (SSSR count). The van der Waals surface area contributed by atoms with E-state index < -0.39 is 0 Å². The van der Waals surface area contributed by atoms with Crippen LogP contribution in [0.2, 0.25) is 0 Å². The molecule has 5 heteroatoms. The van der Waals surface area contributed by atoms with E-state index >= 15 is 0 Å². The molecule has 4 nitrogen and oxygen atoms in total. The second-order valence-corrected chi connectivity index (χ2v) is 6.08. The molecule has 2 aromatic rings. The summed E-state index contributed by atoms with van der Waals surface area (Å²) in [6.07, 6.45) is 3.03. The molecular weight excluding hydrogens is 316 g/mol. The number of hydrogen-bond donors (Lipinski definition) is 1. The van der Waals surface area contributed by atoms with E-state index in [1.807, 2.05) is 29.2 Å². The molecule has 0 amide bonds. The van der Waals surface area contributed by atoms with Gasteiger partial charge < -0.3 is 10.2 Å². The smallest absolute Gasteiger partial charge is 0.173 e. The molecule has 0 fully saturated rings. The summed E-state index contributed by atoms with van der Waals surface area (Å²) in [6, 6.07) is 14.3. The van der Waals surface area contributed by atoms with Crippen LogP contribution in [0.3, 0.4) is 0 Å². The molecule has 0 radical (unpaired) electrons. The molecule has 0 saturated carbocycles. The molecule has 0 aliphatic carbocycles. The van der Waals surface area contributed by atoms with E-state index in [-0.39, 0.29) is 0 Å². The SMILES string of the molecule is Cc1ccc(NC(=S)N(CCC#N)CCc2ccccn2)cc1C. The minimum atomic E-state index is 0.441. The second-order valence-electron chi connectivity index (χ2n) is 5.70. The van der Waals surface area contributed by atoms with E-state index in [2.05, 4.69) is 42.4 Å². The highest BCUT2D eigenvalue weighted by Crippen LogP contribution is 2.15. The molecule has 0 spiro atoms. The zero-order valence-corrected chi connectivity index (χ0v) is 14.9. The summed E-state index contributed by atoms with van der Waals surface area (Å²) in [7, 11) is 0. The van der Waals surface area contributed by atoms with Crippen molar-refractivity contribution in [1.29, 1.82) is 5.26 Å². The Balaban J connectivity index is 2.01. The van der Waals surface area contributed by atoms with Gasteiger partial charge in [0.25, 0.3) is 0 Å². The molecule has 0 aliphatic heterocycles. The van der Waals surface area contributed by atoms with E-state index in [4.69, 9.17) is 17.5 Å². The highest BCUT2D eigenvalue weighted by molar-refractivity contribution is 7.80. The lowest BCUT2D eigenvalue weighted by molar-refractivity contribution is 0.436. The number of nitrogens with zero attached hydrogens (tertiary/aromatic N) is 3. The number of nitrogens with one attached hydrogen (secondary N) is 1. The molecule has 1 aromatic carbocycles. The van der Waals surface area contributed by atoms with Gasteiger partial charge >= 0.3 is 0 Å². The summed E-state index contributed by atoms with van der Waals surface area (Å²) in [4.78, 5) is 6.37. The lowest BCUT2D eigenvalue weighted by atomic mass is 10.1. The van der Waals surface area contributed by atoms with Crippen molar-refractivity contribution in [3.05, 3.63) is 59.4 Å². The van der Waals surface area contributed by atoms with E-state index in [0.29, 0.717) is 18.1 Å². The van der Waals surface area contributed by atoms with E-state index in [1.165, 1.54) is 11.1 Å². The van der Waals surface area contributed by atoms with Gasteiger partial charge in [0.2, 0.25) is 0 Å². The van der Waals surface area contributed by atoms with Crippen LogP contribution in [-0.2, 0) is 6.42 Å². The Morgan fingerprint density at radius 2 is 2.04 bits per heavy atom. The predicted octanol–water partition coefficient (Wildman–Crippen LogP) is 3.85. The number of anilines is 1. The fourth-order valence-corrected chi connectivity index (χ4v) is 2.62. The van der Waals surface area contributed by atoms with Crippen LogP contribution in [0.25, 0.3) is 0 Å². The van der Waals surface area contributed by atoms with Crippen LogP contribution < -0.4 is 5.32 Å². The third kappa shape index (κ3) is 5.32. The molecular formula is C19H22N4S. The molecule has 0 atom stereocenters. The van der Waals surface area contributed by atoms with Crippen molar-refractivity contribution >= 4 is 23.0 Å². The van der Waals surface area contributed by atoms with Crippen molar-refractivity contribution in [3.8, 4) is 6.07 Å². The number of nitriles is 1. The van der Waals surface area contributed by atoms with Crippen LogP contribution in [-0.4, -0.2) is 28.1 Å². The molecule has 0 saturated heterocycles. The van der Waals surface area contributed by atoms with Gasteiger partial charge in [-0.1, -0.05) is 12.1 Å². The maximum atomic E-state index is 8.89. The first-order valence-electron chi connectivity index (χ1n) is 8.00. The van der Waals surface area contributed by atoms with Gasteiger partial charge in [-0.3, -0.25) is 4.98 Å². The standard InChI is InChI=1S/C19H22N4S/c1-15-7-8-18(14-16(15)2)22-19(24)23(12-5-10-20)13-9-17-6-3-4-11-21-17/h3-4,6-8,11,14H,5,9,12-13H2,1-2H3,(H,22,24). The summed E-state index contributed by atoms with van der Waals surface area (Å²) in [5, 5.41) is 12.8. The maximum Gasteiger partial charge on any atom is 0.173 e. The molecule has 0 bridgehead atoms. The topological polar surface area (TPSA) is 52.0 Å². The molecule has 1 N–H and O–H groups in total. The third-order valence-corrected chi connectivity index (χ3v) is 4.26. The van der Waals surface area contributed by atoms with E-state index in [9.17, 15) is 0 Å². The first kappa shape index (κ1) is 17.9. The van der Waals surface area contributed by atoms with Crippen LogP contribution in [0.1, 0.15) is 23.2 Å². The Morgan fingerprint density at radius 1 is 1.21 bits per heavy atom. The Hall–Kier alpha value is -2.45. The Labute approximate surface area is 149 Å². The molecule has 1 aromatic heterocycles. The molecule has 1 heterocycles. The van der Waals surface area contributed by atoms with Gasteiger partial charge in [-0.05, 0) is 61.5 Å². The van der Waals surface area contributed by atoms with E-state index in [1.54, 1.807) is 6.20 Å². The van der Waals surface area contributed by atoms with Crippen LogP contribution in [0.4, 0.5) is 5.69 Å². The average molecular weight is 338 g/mol. The van der Waals surface area contributed by atoms with Crippen molar-refractivity contribution in [2.75, 3.05) is 18.4 Å². The number of thiocarbonyl (C=S) groups is 1. The minimum absolute atomic E-state index is 0.441. The summed E-state index contributed by atoms with van der Waals surface area (Å²) >= 11 is 5.55. The van der Waals surface area contributed by atoms with Crippen molar-refractivity contribution in [1.82, 2.24) is 9.88 Å². The number of benzene rings is 1. The quantitative estimate of drug-likeness (QED) is 0.811. The highest BCUT2D eigenvalue weighted by atomic mass is 32.1. The number of hydrogen-bond acceptors (Lipinski definition) is 3. The zero-order chi connectivity index (χ0) is 17.4. The molecule has 124 valence electrons. The number of rotatable bonds is 6. The van der Waals surface area contributed by atoms with Gasteiger partial charge in [-0.2, -0.15) is 5.26 Å². The summed E-state index contributed by atoms with van der Waals surface area (Å²) < 4.78 is 0. The summed E-state index contributed by atoms with van der Waals surface area (Å²) in [5.74, 6) is 0. The van der Waals surface area contributed by atoms with Crippen molar-refractivity contribution in [2.24, 2.45) is 0 Å². The molecule has 0 aliphatic rings. The predicted molar refractivity (Wildman–Crippen MR) is 102 cm³/mol. The van der Waals surface area contributed by atoms with E-state index in [0.717, 1.165) is 24.3 Å². The van der Waals surface area contributed by atoms with Crippen LogP contribution in [0.15, 0.2) is 42.6 Å². The van der Waals surface area contributed by atoms with Crippen molar-refractivity contribution in [3.63, 3.8) is 0 Å². The average Bonchev–Trinajstić information content (AvgIpc) is 2.59. The van der Waals surface area contributed by atoms with Crippen molar-refractivity contribution < 1.29 is 0 Å². The largest absolute Gasteiger partial charge is 0.348 e. The fourth-order valence-electron chi connectivity index (χ4n) is 2.32.